The predicted molar refractivity (Wildman–Crippen MR) is 111 cm³/mol. The van der Waals surface area contributed by atoms with Crippen molar-refractivity contribution in [3.63, 3.8) is 0 Å². The van der Waals surface area contributed by atoms with Gasteiger partial charge in [0, 0.05) is 23.9 Å². The van der Waals surface area contributed by atoms with E-state index in [1.54, 1.807) is 24.3 Å². The van der Waals surface area contributed by atoms with Gasteiger partial charge >= 0.3 is 5.97 Å². The molecule has 1 heterocycles. The van der Waals surface area contributed by atoms with Crippen LogP contribution in [0.5, 0.6) is 5.75 Å². The molecule has 0 bridgehead atoms. The minimum Gasteiger partial charge on any atom is -0.493 e. The number of carbonyl (C=O) groups is 2. The van der Waals surface area contributed by atoms with Gasteiger partial charge in [0.2, 0.25) is 5.91 Å². The number of carbonyl (C=O) groups excluding carboxylic acids is 2. The highest BCUT2D eigenvalue weighted by atomic mass is 35.5. The van der Waals surface area contributed by atoms with E-state index in [4.69, 9.17) is 25.8 Å². The molecule has 0 atom stereocenters. The summed E-state index contributed by atoms with van der Waals surface area (Å²) in [5, 5.41) is 3.50. The van der Waals surface area contributed by atoms with E-state index >= 15 is 0 Å². The van der Waals surface area contributed by atoms with Gasteiger partial charge in [0.25, 0.3) is 0 Å². The molecule has 2 aromatic carbocycles. The van der Waals surface area contributed by atoms with Crippen LogP contribution in [0.4, 0.5) is 5.69 Å². The zero-order valence-corrected chi connectivity index (χ0v) is 17.3. The molecule has 1 amide bonds. The standard InChI is InChI=1S/C22H24ClNO5/c1-3-29-19-9-8-15(14-16(19)20(25)27-2)24-21(26)22(10-12-28-13-11-22)17-6-4-5-7-18(17)23/h4-9,14H,3,10-13H2,1-2H3,(H,24,26). The highest BCUT2D eigenvalue weighted by Crippen LogP contribution is 2.40. The highest BCUT2D eigenvalue weighted by Gasteiger charge is 2.43. The second-order valence-corrected chi connectivity index (χ2v) is 7.17. The number of esters is 1. The summed E-state index contributed by atoms with van der Waals surface area (Å²) in [4.78, 5) is 25.6. The highest BCUT2D eigenvalue weighted by molar-refractivity contribution is 6.31. The Labute approximate surface area is 175 Å². The van der Waals surface area contributed by atoms with Crippen LogP contribution < -0.4 is 10.1 Å². The molecule has 0 aromatic heterocycles. The second-order valence-electron chi connectivity index (χ2n) is 6.76. The predicted octanol–water partition coefficient (Wildman–Crippen LogP) is 4.21. The number of amides is 1. The molecule has 0 spiro atoms. The zero-order chi connectivity index (χ0) is 20.9. The van der Waals surface area contributed by atoms with Gasteiger partial charge in [0.1, 0.15) is 11.3 Å². The molecule has 154 valence electrons. The van der Waals surface area contributed by atoms with Gasteiger partial charge in [-0.1, -0.05) is 29.8 Å². The number of hydrogen-bond donors (Lipinski definition) is 1. The lowest BCUT2D eigenvalue weighted by Gasteiger charge is -2.36. The first kappa shape index (κ1) is 21.1. The van der Waals surface area contributed by atoms with Gasteiger partial charge < -0.3 is 19.5 Å². The van der Waals surface area contributed by atoms with Gasteiger partial charge in [-0.15, -0.1) is 0 Å². The van der Waals surface area contributed by atoms with Crippen LogP contribution in [0.1, 0.15) is 35.7 Å². The molecule has 1 aliphatic heterocycles. The Kier molecular flexibility index (Phi) is 6.77. The molecule has 2 aromatic rings. The van der Waals surface area contributed by atoms with Crippen LogP contribution in [0.15, 0.2) is 42.5 Å². The average Bonchev–Trinajstić information content (AvgIpc) is 2.75. The van der Waals surface area contributed by atoms with Crippen molar-refractivity contribution in [1.29, 1.82) is 0 Å². The molecule has 0 aliphatic carbocycles. The third-order valence-corrected chi connectivity index (χ3v) is 5.44. The van der Waals surface area contributed by atoms with E-state index in [0.29, 0.717) is 49.1 Å². The summed E-state index contributed by atoms with van der Waals surface area (Å²) in [5.41, 5.74) is 0.713. The smallest absolute Gasteiger partial charge is 0.341 e. The molecule has 1 aliphatic rings. The number of nitrogens with one attached hydrogen (secondary N) is 1. The van der Waals surface area contributed by atoms with Crippen molar-refractivity contribution in [2.75, 3.05) is 32.2 Å². The number of rotatable bonds is 6. The van der Waals surface area contributed by atoms with Crippen molar-refractivity contribution < 1.29 is 23.8 Å². The fourth-order valence-corrected chi connectivity index (χ4v) is 3.91. The number of benzene rings is 2. The van der Waals surface area contributed by atoms with Gasteiger partial charge in [-0.2, -0.15) is 0 Å². The van der Waals surface area contributed by atoms with E-state index in [2.05, 4.69) is 5.32 Å². The fourth-order valence-electron chi connectivity index (χ4n) is 3.60. The van der Waals surface area contributed by atoms with Crippen LogP contribution in [0.25, 0.3) is 0 Å². The molecule has 3 rings (SSSR count). The summed E-state index contributed by atoms with van der Waals surface area (Å²) in [7, 11) is 1.30. The first-order valence-electron chi connectivity index (χ1n) is 9.51. The Balaban J connectivity index is 1.94. The number of ether oxygens (including phenoxy) is 3. The van der Waals surface area contributed by atoms with E-state index in [1.165, 1.54) is 7.11 Å². The molecule has 6 nitrogen and oxygen atoms in total. The topological polar surface area (TPSA) is 73.9 Å². The fraction of sp³-hybridized carbons (Fsp3) is 0.364. The Hall–Kier alpha value is -2.57. The summed E-state index contributed by atoms with van der Waals surface area (Å²) >= 11 is 6.44. The van der Waals surface area contributed by atoms with Crippen molar-refractivity contribution in [3.05, 3.63) is 58.6 Å². The second kappa shape index (κ2) is 9.29. The maximum atomic E-state index is 13.4. The van der Waals surface area contributed by atoms with Gasteiger partial charge in [-0.05, 0) is 49.6 Å². The molecular weight excluding hydrogens is 394 g/mol. The average molecular weight is 418 g/mol. The van der Waals surface area contributed by atoms with Crippen LogP contribution >= 0.6 is 11.6 Å². The minimum atomic E-state index is -0.805. The summed E-state index contributed by atoms with van der Waals surface area (Å²) in [6.45, 7) is 3.17. The van der Waals surface area contributed by atoms with E-state index in [-0.39, 0.29) is 11.5 Å². The van der Waals surface area contributed by atoms with Gasteiger partial charge in [0.15, 0.2) is 0 Å². The molecule has 7 heteroatoms. The lowest BCUT2D eigenvalue weighted by atomic mass is 9.73. The molecular formula is C22H24ClNO5. The Bertz CT molecular complexity index is 893. The van der Waals surface area contributed by atoms with E-state index in [0.717, 1.165) is 5.56 Å². The molecule has 1 N–H and O–H groups in total. The third-order valence-electron chi connectivity index (χ3n) is 5.11. The van der Waals surface area contributed by atoms with E-state index in [9.17, 15) is 9.59 Å². The van der Waals surface area contributed by atoms with E-state index in [1.807, 2.05) is 25.1 Å². The minimum absolute atomic E-state index is 0.186. The molecule has 1 fully saturated rings. The summed E-state index contributed by atoms with van der Waals surface area (Å²) in [6, 6.07) is 12.3. The molecule has 0 saturated carbocycles. The first-order valence-corrected chi connectivity index (χ1v) is 9.89. The number of methoxy groups -OCH3 is 1. The number of hydrogen-bond acceptors (Lipinski definition) is 5. The summed E-state index contributed by atoms with van der Waals surface area (Å²) in [6.07, 6.45) is 1.03. The summed E-state index contributed by atoms with van der Waals surface area (Å²) < 4.78 is 15.8. The van der Waals surface area contributed by atoms with Gasteiger partial charge in [-0.25, -0.2) is 4.79 Å². The van der Waals surface area contributed by atoms with Crippen LogP contribution in [-0.4, -0.2) is 38.8 Å². The monoisotopic (exact) mass is 417 g/mol. The SMILES string of the molecule is CCOc1ccc(NC(=O)C2(c3ccccc3Cl)CCOCC2)cc1C(=O)OC. The zero-order valence-electron chi connectivity index (χ0n) is 16.5. The Morgan fingerprint density at radius 2 is 1.90 bits per heavy atom. The maximum absolute atomic E-state index is 13.4. The number of halogens is 1. The van der Waals surface area contributed by atoms with Crippen molar-refractivity contribution in [2.45, 2.75) is 25.2 Å². The molecule has 1 saturated heterocycles. The van der Waals surface area contributed by atoms with Crippen molar-refractivity contribution in [2.24, 2.45) is 0 Å². The van der Waals surface area contributed by atoms with Crippen LogP contribution in [-0.2, 0) is 19.7 Å². The molecule has 0 radical (unpaired) electrons. The molecule has 0 unspecified atom stereocenters. The first-order chi connectivity index (χ1) is 14.0. The Morgan fingerprint density at radius 1 is 1.17 bits per heavy atom. The van der Waals surface area contributed by atoms with Crippen LogP contribution in [0.2, 0.25) is 5.02 Å². The lowest BCUT2D eigenvalue weighted by molar-refractivity contribution is -0.125. The van der Waals surface area contributed by atoms with Gasteiger partial charge in [0.05, 0.1) is 19.1 Å². The van der Waals surface area contributed by atoms with E-state index < -0.39 is 11.4 Å². The third kappa shape index (κ3) is 4.38. The lowest BCUT2D eigenvalue weighted by Crippen LogP contribution is -2.45. The van der Waals surface area contributed by atoms with Crippen molar-refractivity contribution >= 4 is 29.2 Å². The summed E-state index contributed by atoms with van der Waals surface area (Å²) in [5.74, 6) is -0.311. The quantitative estimate of drug-likeness (QED) is 0.712. The maximum Gasteiger partial charge on any atom is 0.341 e. The van der Waals surface area contributed by atoms with Gasteiger partial charge in [-0.3, -0.25) is 4.79 Å². The van der Waals surface area contributed by atoms with Crippen molar-refractivity contribution in [3.8, 4) is 5.75 Å². The Morgan fingerprint density at radius 3 is 2.55 bits per heavy atom. The number of anilines is 1. The normalized spacial score (nSPS) is 15.4. The molecule has 29 heavy (non-hydrogen) atoms. The van der Waals surface area contributed by atoms with Crippen LogP contribution in [0.3, 0.4) is 0 Å². The largest absolute Gasteiger partial charge is 0.493 e. The van der Waals surface area contributed by atoms with Crippen molar-refractivity contribution in [1.82, 2.24) is 0 Å². The van der Waals surface area contributed by atoms with Crippen LogP contribution in [0, 0.1) is 0 Å².